The Morgan fingerprint density at radius 2 is 1.86 bits per heavy atom. The number of sulfonamides is 1. The van der Waals surface area contributed by atoms with E-state index in [1.165, 1.54) is 33.1 Å². The Morgan fingerprint density at radius 3 is 2.58 bits per heavy atom. The summed E-state index contributed by atoms with van der Waals surface area (Å²) in [6.45, 7) is 4.31. The molecule has 0 spiro atoms. The van der Waals surface area contributed by atoms with Gasteiger partial charge in [0, 0.05) is 25.2 Å². The van der Waals surface area contributed by atoms with Gasteiger partial charge in [-0.2, -0.15) is 0 Å². The molecule has 0 aliphatic carbocycles. The fourth-order valence-electron chi connectivity index (χ4n) is 4.41. The van der Waals surface area contributed by atoms with Crippen molar-refractivity contribution in [3.63, 3.8) is 0 Å². The van der Waals surface area contributed by atoms with Gasteiger partial charge in [0.15, 0.2) is 5.69 Å². The van der Waals surface area contributed by atoms with Crippen molar-refractivity contribution in [2.75, 3.05) is 28.0 Å². The van der Waals surface area contributed by atoms with Gasteiger partial charge in [-0.05, 0) is 49.6 Å². The zero-order valence-corrected chi connectivity index (χ0v) is 21.0. The van der Waals surface area contributed by atoms with Gasteiger partial charge in [-0.25, -0.2) is 13.2 Å². The predicted octanol–water partition coefficient (Wildman–Crippen LogP) is 2.34. The van der Waals surface area contributed by atoms with Crippen molar-refractivity contribution in [2.24, 2.45) is 0 Å². The summed E-state index contributed by atoms with van der Waals surface area (Å²) in [7, 11) is -3.92. The molecule has 0 fully saturated rings. The summed E-state index contributed by atoms with van der Waals surface area (Å²) in [5, 5.41) is 0. The summed E-state index contributed by atoms with van der Waals surface area (Å²) in [6.07, 6.45) is 2.07. The van der Waals surface area contributed by atoms with Crippen LogP contribution in [0.5, 0.6) is 0 Å². The number of rotatable bonds is 8. The van der Waals surface area contributed by atoms with Crippen LogP contribution in [0.15, 0.2) is 63.0 Å². The standard InChI is InChI=1S/C25H29N5O5S/c1-3-5-14-29-22(26)21(23(31)27-25(29)33)28(4-2)24(32)18-10-8-11-19(16-18)36(34,35)30-15-13-17-9-6-7-12-20(17)30/h6-12,16H,3-5,13-15,26H2,1-2H3,(H,27,31,33). The van der Waals surface area contributed by atoms with Gasteiger partial charge in [-0.1, -0.05) is 37.6 Å². The van der Waals surface area contributed by atoms with Crippen LogP contribution in [0.3, 0.4) is 0 Å². The average Bonchev–Trinajstić information content (AvgIpc) is 3.31. The van der Waals surface area contributed by atoms with Gasteiger partial charge in [0.2, 0.25) is 0 Å². The normalized spacial score (nSPS) is 13.0. The number of hydrogen-bond donors (Lipinski definition) is 2. The number of aromatic nitrogens is 2. The zero-order chi connectivity index (χ0) is 26.0. The number of fused-ring (bicyclic) bond motifs is 1. The van der Waals surface area contributed by atoms with Crippen molar-refractivity contribution in [2.45, 2.75) is 44.6 Å². The molecule has 1 amide bonds. The molecule has 1 aliphatic heterocycles. The van der Waals surface area contributed by atoms with Gasteiger partial charge < -0.3 is 10.6 Å². The first kappa shape index (κ1) is 25.2. The number of hydrogen-bond acceptors (Lipinski definition) is 6. The van der Waals surface area contributed by atoms with Gasteiger partial charge in [-0.3, -0.25) is 23.4 Å². The number of nitrogen functional groups attached to an aromatic ring is 1. The number of amides is 1. The smallest absolute Gasteiger partial charge is 0.330 e. The molecule has 0 atom stereocenters. The molecule has 0 bridgehead atoms. The van der Waals surface area contributed by atoms with E-state index in [9.17, 15) is 22.8 Å². The maximum absolute atomic E-state index is 13.5. The Morgan fingerprint density at radius 1 is 1.11 bits per heavy atom. The second kappa shape index (κ2) is 10.0. The Hall–Kier alpha value is -3.86. The SMILES string of the molecule is CCCCn1c(N)c(N(CC)C(=O)c2cccc(S(=O)(=O)N3CCc4ccccc43)c2)c(=O)[nH]c1=O. The van der Waals surface area contributed by atoms with E-state index in [1.54, 1.807) is 19.1 Å². The lowest BCUT2D eigenvalue weighted by molar-refractivity contribution is 0.0987. The molecule has 3 aromatic rings. The summed E-state index contributed by atoms with van der Waals surface area (Å²) in [6, 6.07) is 13.0. The van der Waals surface area contributed by atoms with Gasteiger partial charge in [0.25, 0.3) is 21.5 Å². The molecule has 0 saturated carbocycles. The number of carbonyl (C=O) groups is 1. The quantitative estimate of drug-likeness (QED) is 0.476. The fourth-order valence-corrected chi connectivity index (χ4v) is 5.96. The van der Waals surface area contributed by atoms with E-state index in [2.05, 4.69) is 4.98 Å². The summed E-state index contributed by atoms with van der Waals surface area (Å²) in [5.41, 5.74) is 6.28. The van der Waals surface area contributed by atoms with Crippen LogP contribution in [0.2, 0.25) is 0 Å². The summed E-state index contributed by atoms with van der Waals surface area (Å²) < 4.78 is 29.5. The third-order valence-electron chi connectivity index (χ3n) is 6.29. The number of unbranched alkanes of at least 4 members (excludes halogenated alkanes) is 1. The Bertz CT molecular complexity index is 1530. The van der Waals surface area contributed by atoms with Gasteiger partial charge >= 0.3 is 5.69 Å². The van der Waals surface area contributed by atoms with Gasteiger partial charge in [0.05, 0.1) is 10.6 Å². The Labute approximate surface area is 209 Å². The third-order valence-corrected chi connectivity index (χ3v) is 8.10. The van der Waals surface area contributed by atoms with Crippen LogP contribution in [0.25, 0.3) is 0 Å². The number of para-hydroxylation sites is 1. The minimum absolute atomic E-state index is 0.0316. The maximum atomic E-state index is 13.5. The highest BCUT2D eigenvalue weighted by atomic mass is 32.2. The van der Waals surface area contributed by atoms with Crippen LogP contribution in [0.4, 0.5) is 17.2 Å². The highest BCUT2D eigenvalue weighted by Gasteiger charge is 2.32. The molecular weight excluding hydrogens is 482 g/mol. The van der Waals surface area contributed by atoms with Crippen molar-refractivity contribution in [1.29, 1.82) is 0 Å². The number of aromatic amines is 1. The molecule has 0 unspecified atom stereocenters. The van der Waals surface area contributed by atoms with Crippen LogP contribution < -0.4 is 26.2 Å². The molecule has 3 N–H and O–H groups in total. The number of nitrogens with two attached hydrogens (primary N) is 1. The fraction of sp³-hybridized carbons (Fsp3) is 0.320. The first-order chi connectivity index (χ1) is 17.2. The van der Waals surface area contributed by atoms with Crippen LogP contribution in [0.1, 0.15) is 42.6 Å². The van der Waals surface area contributed by atoms with Crippen molar-refractivity contribution < 1.29 is 13.2 Å². The zero-order valence-electron chi connectivity index (χ0n) is 20.2. The molecule has 4 rings (SSSR count). The summed E-state index contributed by atoms with van der Waals surface area (Å²) >= 11 is 0. The molecule has 2 aromatic carbocycles. The topological polar surface area (TPSA) is 139 Å². The molecule has 190 valence electrons. The lowest BCUT2D eigenvalue weighted by Gasteiger charge is -2.24. The lowest BCUT2D eigenvalue weighted by Crippen LogP contribution is -2.41. The van der Waals surface area contributed by atoms with Crippen molar-refractivity contribution in [3.8, 4) is 0 Å². The second-order valence-corrected chi connectivity index (χ2v) is 10.4. The molecular formula is C25H29N5O5S. The highest BCUT2D eigenvalue weighted by molar-refractivity contribution is 7.92. The summed E-state index contributed by atoms with van der Waals surface area (Å²) in [5.74, 6) is -0.709. The number of nitrogens with zero attached hydrogens (tertiary/aromatic N) is 3. The Kier molecular flexibility index (Phi) is 7.02. The molecule has 0 radical (unpaired) electrons. The van der Waals surface area contributed by atoms with E-state index in [0.717, 1.165) is 16.9 Å². The molecule has 2 heterocycles. The minimum Gasteiger partial charge on any atom is -0.383 e. The number of carbonyl (C=O) groups excluding carboxylic acids is 1. The van der Waals surface area contributed by atoms with E-state index >= 15 is 0 Å². The monoisotopic (exact) mass is 511 g/mol. The molecule has 11 heteroatoms. The second-order valence-electron chi connectivity index (χ2n) is 8.53. The van der Waals surface area contributed by atoms with E-state index in [1.807, 2.05) is 19.1 Å². The molecule has 36 heavy (non-hydrogen) atoms. The van der Waals surface area contributed by atoms with E-state index in [-0.39, 0.29) is 28.5 Å². The van der Waals surface area contributed by atoms with Crippen LogP contribution >= 0.6 is 0 Å². The third kappa shape index (κ3) is 4.41. The maximum Gasteiger partial charge on any atom is 0.330 e. The predicted molar refractivity (Wildman–Crippen MR) is 139 cm³/mol. The van der Waals surface area contributed by atoms with Crippen LogP contribution in [0, 0.1) is 0 Å². The minimum atomic E-state index is -3.92. The van der Waals surface area contributed by atoms with Crippen LogP contribution in [-0.2, 0) is 23.0 Å². The van der Waals surface area contributed by atoms with Crippen molar-refractivity contribution in [3.05, 3.63) is 80.5 Å². The van der Waals surface area contributed by atoms with Crippen LogP contribution in [-0.4, -0.2) is 37.0 Å². The van der Waals surface area contributed by atoms with Gasteiger partial charge in [-0.15, -0.1) is 0 Å². The van der Waals surface area contributed by atoms with Gasteiger partial charge in [0.1, 0.15) is 5.82 Å². The highest BCUT2D eigenvalue weighted by Crippen LogP contribution is 2.33. The van der Waals surface area contributed by atoms with Crippen molar-refractivity contribution >= 4 is 33.1 Å². The first-order valence-corrected chi connectivity index (χ1v) is 13.3. The molecule has 0 saturated heterocycles. The molecule has 1 aliphatic rings. The number of benzene rings is 2. The number of H-pyrrole nitrogens is 1. The summed E-state index contributed by atoms with van der Waals surface area (Å²) in [4.78, 5) is 41.9. The van der Waals surface area contributed by atoms with E-state index < -0.39 is 27.2 Å². The van der Waals surface area contributed by atoms with Crippen molar-refractivity contribution in [1.82, 2.24) is 9.55 Å². The number of anilines is 3. The molecule has 10 nitrogen and oxygen atoms in total. The first-order valence-electron chi connectivity index (χ1n) is 11.9. The average molecular weight is 512 g/mol. The number of nitrogens with one attached hydrogen (secondary N) is 1. The largest absolute Gasteiger partial charge is 0.383 e. The Balaban J connectivity index is 1.72. The van der Waals surface area contributed by atoms with E-state index in [0.29, 0.717) is 31.6 Å². The van der Waals surface area contributed by atoms with E-state index in [4.69, 9.17) is 5.73 Å². The molecule has 1 aromatic heterocycles. The lowest BCUT2D eigenvalue weighted by atomic mass is 10.2.